The van der Waals surface area contributed by atoms with Gasteiger partial charge < -0.3 is 10.1 Å². The number of hydrogen-bond acceptors (Lipinski definition) is 4. The van der Waals surface area contributed by atoms with Gasteiger partial charge in [-0.05, 0) is 26.0 Å². The van der Waals surface area contributed by atoms with Gasteiger partial charge in [-0.15, -0.1) is 0 Å². The molecule has 2 rings (SSSR count). The van der Waals surface area contributed by atoms with Crippen molar-refractivity contribution in [1.82, 2.24) is 0 Å². The minimum absolute atomic E-state index is 0.0383. The minimum atomic E-state index is -1.15. The molecule has 1 amide bonds. The molecule has 0 radical (unpaired) electrons. The maximum Gasteiger partial charge on any atom is 0.307 e. The summed E-state index contributed by atoms with van der Waals surface area (Å²) in [5.74, 6) is -3.74. The van der Waals surface area contributed by atoms with Crippen LogP contribution in [0.5, 0.6) is 0 Å². The van der Waals surface area contributed by atoms with E-state index in [1.807, 2.05) is 6.92 Å². The number of carbonyl (C=O) groups is 3. The summed E-state index contributed by atoms with van der Waals surface area (Å²) in [6, 6.07) is 9.85. The van der Waals surface area contributed by atoms with E-state index >= 15 is 0 Å². The molecule has 0 bridgehead atoms. The summed E-state index contributed by atoms with van der Waals surface area (Å²) in [7, 11) is 0. The molecule has 27 heavy (non-hydrogen) atoms. The summed E-state index contributed by atoms with van der Waals surface area (Å²) in [4.78, 5) is 35.8. The zero-order valence-electron chi connectivity index (χ0n) is 14.9. The summed E-state index contributed by atoms with van der Waals surface area (Å²) in [5, 5.41) is 2.32. The molecule has 142 valence electrons. The Morgan fingerprint density at radius 1 is 1.00 bits per heavy atom. The number of anilines is 1. The number of rotatable bonds is 7. The van der Waals surface area contributed by atoms with E-state index in [1.165, 1.54) is 13.0 Å². The fourth-order valence-corrected chi connectivity index (χ4v) is 2.23. The molecule has 2 aromatic rings. The monoisotopic (exact) mass is 375 g/mol. The highest BCUT2D eigenvalue weighted by Crippen LogP contribution is 2.14. The van der Waals surface area contributed by atoms with Crippen LogP contribution in [0.2, 0.25) is 0 Å². The van der Waals surface area contributed by atoms with Crippen LogP contribution in [0.25, 0.3) is 0 Å². The van der Waals surface area contributed by atoms with Gasteiger partial charge in [0.05, 0.1) is 6.42 Å². The smallest absolute Gasteiger partial charge is 0.307 e. The normalized spacial score (nSPS) is 11.6. The zero-order valence-corrected chi connectivity index (χ0v) is 14.9. The first kappa shape index (κ1) is 20.2. The van der Waals surface area contributed by atoms with E-state index in [-0.39, 0.29) is 24.3 Å². The lowest BCUT2D eigenvalue weighted by atomic mass is 10.1. The van der Waals surface area contributed by atoms with Gasteiger partial charge in [-0.1, -0.05) is 29.8 Å². The molecule has 1 atom stereocenters. The minimum Gasteiger partial charge on any atom is -0.453 e. The van der Waals surface area contributed by atoms with Crippen molar-refractivity contribution in [2.45, 2.75) is 32.8 Å². The van der Waals surface area contributed by atoms with Crippen molar-refractivity contribution >= 4 is 23.3 Å². The topological polar surface area (TPSA) is 72.5 Å². The number of aryl methyl sites for hydroxylation is 1. The summed E-state index contributed by atoms with van der Waals surface area (Å²) in [6.45, 7) is 3.24. The third kappa shape index (κ3) is 5.99. The molecule has 0 saturated carbocycles. The van der Waals surface area contributed by atoms with Crippen molar-refractivity contribution in [2.24, 2.45) is 0 Å². The highest BCUT2D eigenvalue weighted by Gasteiger charge is 2.19. The van der Waals surface area contributed by atoms with Crippen LogP contribution < -0.4 is 5.32 Å². The Bertz CT molecular complexity index is 850. The number of carbonyl (C=O) groups excluding carboxylic acids is 3. The van der Waals surface area contributed by atoms with Crippen LogP contribution >= 0.6 is 0 Å². The molecule has 0 aliphatic heterocycles. The van der Waals surface area contributed by atoms with Crippen LogP contribution in [0, 0.1) is 18.6 Å². The highest BCUT2D eigenvalue weighted by molar-refractivity contribution is 5.98. The van der Waals surface area contributed by atoms with Gasteiger partial charge in [0.15, 0.2) is 23.5 Å². The molecule has 0 fully saturated rings. The van der Waals surface area contributed by atoms with E-state index in [9.17, 15) is 23.2 Å². The van der Waals surface area contributed by atoms with Crippen molar-refractivity contribution < 1.29 is 27.9 Å². The van der Waals surface area contributed by atoms with Crippen LogP contribution in [-0.2, 0) is 14.3 Å². The van der Waals surface area contributed by atoms with Gasteiger partial charge in [0.2, 0.25) is 0 Å². The molecule has 7 heteroatoms. The van der Waals surface area contributed by atoms with Crippen molar-refractivity contribution in [3.63, 3.8) is 0 Å². The maximum atomic E-state index is 13.1. The largest absolute Gasteiger partial charge is 0.453 e. The molecule has 0 unspecified atom stereocenters. The highest BCUT2D eigenvalue weighted by atomic mass is 19.2. The molecule has 0 saturated heterocycles. The number of nitrogens with one attached hydrogen (secondary N) is 1. The number of halogens is 2. The van der Waals surface area contributed by atoms with E-state index in [0.717, 1.165) is 17.7 Å². The molecular weight excluding hydrogens is 356 g/mol. The van der Waals surface area contributed by atoms with Gasteiger partial charge in [-0.2, -0.15) is 0 Å². The molecule has 0 spiro atoms. The summed E-state index contributed by atoms with van der Waals surface area (Å²) in [6.07, 6.45) is -1.37. The number of esters is 1. The fraction of sp³-hybridized carbons (Fsp3) is 0.250. The summed E-state index contributed by atoms with van der Waals surface area (Å²) >= 11 is 0. The molecule has 0 aliphatic carbocycles. The lowest BCUT2D eigenvalue weighted by Crippen LogP contribution is -2.30. The van der Waals surface area contributed by atoms with E-state index in [2.05, 4.69) is 5.32 Å². The van der Waals surface area contributed by atoms with Gasteiger partial charge >= 0.3 is 5.97 Å². The zero-order chi connectivity index (χ0) is 20.0. The second-order valence-corrected chi connectivity index (χ2v) is 6.04. The Kier molecular flexibility index (Phi) is 6.76. The Hall–Kier alpha value is -3.09. The lowest BCUT2D eigenvalue weighted by molar-refractivity contribution is -0.153. The Labute approximate surface area is 155 Å². The molecular formula is C20H19F2NO4. The van der Waals surface area contributed by atoms with Gasteiger partial charge in [0.1, 0.15) is 0 Å². The standard InChI is InChI=1S/C20H19F2NO4/c1-12-3-5-14(6-4-12)18(24)9-10-19(25)27-13(2)20(26)23-15-7-8-16(21)17(22)11-15/h3-8,11,13H,9-10H2,1-2H3,(H,23,26)/t13-/m1/s1. The quantitative estimate of drug-likeness (QED) is 0.590. The van der Waals surface area contributed by atoms with Crippen LogP contribution in [0.4, 0.5) is 14.5 Å². The number of ether oxygens (including phenoxy) is 1. The van der Waals surface area contributed by atoms with Crippen LogP contribution in [0.3, 0.4) is 0 Å². The van der Waals surface area contributed by atoms with E-state index in [0.29, 0.717) is 5.56 Å². The van der Waals surface area contributed by atoms with E-state index in [1.54, 1.807) is 24.3 Å². The Morgan fingerprint density at radius 2 is 1.67 bits per heavy atom. The second kappa shape index (κ2) is 9.02. The summed E-state index contributed by atoms with van der Waals surface area (Å²) in [5.41, 5.74) is 1.56. The average Bonchev–Trinajstić information content (AvgIpc) is 2.63. The number of hydrogen-bond donors (Lipinski definition) is 1. The Balaban J connectivity index is 1.81. The third-order valence-electron chi connectivity index (χ3n) is 3.79. The molecule has 5 nitrogen and oxygen atoms in total. The first-order chi connectivity index (χ1) is 12.8. The van der Waals surface area contributed by atoms with E-state index in [4.69, 9.17) is 4.74 Å². The SMILES string of the molecule is Cc1ccc(C(=O)CCC(=O)O[C@H](C)C(=O)Nc2ccc(F)c(F)c2)cc1. The van der Waals surface area contributed by atoms with Crippen LogP contribution in [-0.4, -0.2) is 23.8 Å². The molecule has 2 aromatic carbocycles. The average molecular weight is 375 g/mol. The molecule has 1 N–H and O–H groups in total. The van der Waals surface area contributed by atoms with Crippen LogP contribution in [0.15, 0.2) is 42.5 Å². The van der Waals surface area contributed by atoms with Gasteiger partial charge in [0.25, 0.3) is 5.91 Å². The van der Waals surface area contributed by atoms with Gasteiger partial charge in [-0.3, -0.25) is 14.4 Å². The fourth-order valence-electron chi connectivity index (χ4n) is 2.23. The molecule has 0 aromatic heterocycles. The van der Waals surface area contributed by atoms with E-state index < -0.39 is 29.6 Å². The number of Topliss-reactive ketones (excluding diaryl/α,β-unsaturated/α-hetero) is 1. The van der Waals surface area contributed by atoms with Gasteiger partial charge in [0, 0.05) is 23.7 Å². The Morgan fingerprint density at radius 3 is 2.30 bits per heavy atom. The third-order valence-corrected chi connectivity index (χ3v) is 3.79. The maximum absolute atomic E-state index is 13.1. The lowest BCUT2D eigenvalue weighted by Gasteiger charge is -2.13. The molecule has 0 heterocycles. The first-order valence-corrected chi connectivity index (χ1v) is 8.31. The van der Waals surface area contributed by atoms with Crippen LogP contribution in [0.1, 0.15) is 35.7 Å². The number of benzene rings is 2. The number of amides is 1. The predicted octanol–water partition coefficient (Wildman–Crippen LogP) is 3.81. The first-order valence-electron chi connectivity index (χ1n) is 8.31. The predicted molar refractivity (Wildman–Crippen MR) is 95.3 cm³/mol. The second-order valence-electron chi connectivity index (χ2n) is 6.04. The van der Waals surface area contributed by atoms with Crippen molar-refractivity contribution in [3.8, 4) is 0 Å². The van der Waals surface area contributed by atoms with Crippen molar-refractivity contribution in [3.05, 3.63) is 65.2 Å². The van der Waals surface area contributed by atoms with Gasteiger partial charge in [-0.25, -0.2) is 8.78 Å². The number of ketones is 1. The van der Waals surface area contributed by atoms with Crippen molar-refractivity contribution in [2.75, 3.05) is 5.32 Å². The summed E-state index contributed by atoms with van der Waals surface area (Å²) < 4.78 is 31.0. The van der Waals surface area contributed by atoms with Crippen molar-refractivity contribution in [1.29, 1.82) is 0 Å². The molecule has 0 aliphatic rings.